The summed E-state index contributed by atoms with van der Waals surface area (Å²) in [6.45, 7) is 2.42. The highest BCUT2D eigenvalue weighted by Gasteiger charge is 2.26. The van der Waals surface area contributed by atoms with E-state index in [9.17, 15) is 24.3 Å². The minimum atomic E-state index is -1.14. The van der Waals surface area contributed by atoms with Gasteiger partial charge in [0.05, 0.1) is 0 Å². The molecule has 7 nitrogen and oxygen atoms in total. The lowest BCUT2D eigenvalue weighted by Crippen LogP contribution is -2.42. The van der Waals surface area contributed by atoms with Gasteiger partial charge in [0, 0.05) is 24.1 Å². The molecule has 0 aliphatic carbocycles. The van der Waals surface area contributed by atoms with Gasteiger partial charge in [0.15, 0.2) is 5.78 Å². The number of carbonyl (C=O) groups is 2. The molecule has 3 aromatic rings. The molecule has 0 spiro atoms. The molecule has 7 heteroatoms. The minimum absolute atomic E-state index is 0.0109. The summed E-state index contributed by atoms with van der Waals surface area (Å²) >= 11 is 0. The second kappa shape index (κ2) is 9.17. The van der Waals surface area contributed by atoms with Gasteiger partial charge in [0.1, 0.15) is 17.4 Å². The highest BCUT2D eigenvalue weighted by Crippen LogP contribution is 2.18. The lowest BCUT2D eigenvalue weighted by Gasteiger charge is -2.19. The number of carboxylic acid groups (broad SMARTS) is 1. The van der Waals surface area contributed by atoms with Crippen LogP contribution in [-0.2, 0) is 11.2 Å². The van der Waals surface area contributed by atoms with E-state index in [0.717, 1.165) is 6.42 Å². The molecule has 0 aromatic heterocycles. The van der Waals surface area contributed by atoms with Crippen molar-refractivity contribution in [1.29, 1.82) is 0 Å². The van der Waals surface area contributed by atoms with E-state index in [2.05, 4.69) is 10.6 Å². The van der Waals surface area contributed by atoms with E-state index >= 15 is 0 Å². The molecule has 154 valence electrons. The molecule has 3 N–H and O–H groups in total. The van der Waals surface area contributed by atoms with Gasteiger partial charge < -0.3 is 15.7 Å². The second-order valence-electron chi connectivity index (χ2n) is 6.97. The normalized spacial score (nSPS) is 11.8. The van der Waals surface area contributed by atoms with Gasteiger partial charge in [-0.3, -0.25) is 14.4 Å². The number of nitrogens with one attached hydrogen (secondary N) is 2. The smallest absolute Gasteiger partial charge is 0.326 e. The molecule has 3 rings (SSSR count). The van der Waals surface area contributed by atoms with E-state index < -0.39 is 22.9 Å². The molecule has 0 saturated heterocycles. The fourth-order valence-electron chi connectivity index (χ4n) is 3.11. The summed E-state index contributed by atoms with van der Waals surface area (Å²) in [5.74, 6) is -1.26. The van der Waals surface area contributed by atoms with E-state index in [1.807, 2.05) is 13.0 Å². The van der Waals surface area contributed by atoms with E-state index in [1.165, 1.54) is 0 Å². The average Bonchev–Trinajstić information content (AvgIpc) is 2.77. The summed E-state index contributed by atoms with van der Waals surface area (Å²) in [6, 6.07) is 14.4. The number of hydrogen-bond donors (Lipinski definition) is 3. The molecular weight excluding hydrogens is 384 g/mol. The predicted octanol–water partition coefficient (Wildman–Crippen LogP) is 2.44. The minimum Gasteiger partial charge on any atom is -0.480 e. The Morgan fingerprint density at radius 2 is 1.50 bits per heavy atom. The first-order valence-corrected chi connectivity index (χ1v) is 9.67. The third-order valence-corrected chi connectivity index (χ3v) is 4.77. The lowest BCUT2D eigenvalue weighted by molar-refractivity contribution is -0.137. The van der Waals surface area contributed by atoms with Gasteiger partial charge in [-0.05, 0) is 12.0 Å². The van der Waals surface area contributed by atoms with Gasteiger partial charge in [0.2, 0.25) is 0 Å². The predicted molar refractivity (Wildman–Crippen MR) is 115 cm³/mol. The third-order valence-electron chi connectivity index (χ3n) is 4.77. The molecule has 0 bridgehead atoms. The van der Waals surface area contributed by atoms with Crippen LogP contribution in [0.4, 0.5) is 11.4 Å². The van der Waals surface area contributed by atoms with E-state index in [4.69, 9.17) is 0 Å². The number of hydrogen-bond acceptors (Lipinski definition) is 6. The zero-order valence-corrected chi connectivity index (χ0v) is 16.5. The summed E-state index contributed by atoms with van der Waals surface area (Å²) in [7, 11) is 0. The van der Waals surface area contributed by atoms with Crippen LogP contribution in [0.25, 0.3) is 0 Å². The van der Waals surface area contributed by atoms with Crippen LogP contribution >= 0.6 is 0 Å². The number of benzene rings is 2. The first-order valence-electron chi connectivity index (χ1n) is 9.67. The summed E-state index contributed by atoms with van der Waals surface area (Å²) < 4.78 is 0. The van der Waals surface area contributed by atoms with Gasteiger partial charge in [-0.1, -0.05) is 61.5 Å². The van der Waals surface area contributed by atoms with Crippen molar-refractivity contribution in [3.63, 3.8) is 0 Å². The van der Waals surface area contributed by atoms with Gasteiger partial charge in [-0.2, -0.15) is 0 Å². The number of aliphatic carboxylic acids is 1. The fourth-order valence-corrected chi connectivity index (χ4v) is 3.11. The molecule has 0 aliphatic rings. The maximum Gasteiger partial charge on any atom is 0.326 e. The molecule has 0 fully saturated rings. The van der Waals surface area contributed by atoms with Crippen molar-refractivity contribution in [2.45, 2.75) is 25.8 Å². The second-order valence-corrected chi connectivity index (χ2v) is 6.97. The number of carboxylic acids is 1. The van der Waals surface area contributed by atoms with Crippen LogP contribution in [0.1, 0.15) is 34.8 Å². The van der Waals surface area contributed by atoms with Crippen molar-refractivity contribution in [3.05, 3.63) is 91.7 Å². The maximum absolute atomic E-state index is 12.5. The molecular formula is C23H22N2O5. The molecule has 0 aliphatic heterocycles. The number of rotatable bonds is 10. The summed E-state index contributed by atoms with van der Waals surface area (Å²) in [5.41, 5.74) is 0.540. The van der Waals surface area contributed by atoms with Crippen LogP contribution in [0.15, 0.2) is 64.2 Å². The maximum atomic E-state index is 12.5. The molecule has 0 saturated carbocycles. The van der Waals surface area contributed by atoms with Gasteiger partial charge in [-0.25, -0.2) is 4.79 Å². The van der Waals surface area contributed by atoms with Gasteiger partial charge in [-0.15, -0.1) is 0 Å². The van der Waals surface area contributed by atoms with Crippen molar-refractivity contribution in [3.8, 4) is 0 Å². The Morgan fingerprint density at radius 1 is 0.900 bits per heavy atom. The Balaban J connectivity index is 1.73. The lowest BCUT2D eigenvalue weighted by atomic mass is 9.99. The van der Waals surface area contributed by atoms with Crippen LogP contribution < -0.4 is 21.5 Å². The van der Waals surface area contributed by atoms with Crippen molar-refractivity contribution in [2.75, 3.05) is 17.2 Å². The van der Waals surface area contributed by atoms with Crippen LogP contribution in [0.5, 0.6) is 0 Å². The zero-order chi connectivity index (χ0) is 21.7. The number of ketones is 1. The Labute approximate surface area is 173 Å². The van der Waals surface area contributed by atoms with Crippen molar-refractivity contribution in [2.24, 2.45) is 0 Å². The van der Waals surface area contributed by atoms with E-state index in [1.54, 1.807) is 48.5 Å². The quantitative estimate of drug-likeness (QED) is 0.350. The van der Waals surface area contributed by atoms with Crippen LogP contribution in [0, 0.1) is 0 Å². The third kappa shape index (κ3) is 4.46. The van der Waals surface area contributed by atoms with Crippen molar-refractivity contribution >= 4 is 23.1 Å². The first kappa shape index (κ1) is 21.0. The Hall–Kier alpha value is -3.74. The molecule has 0 unspecified atom stereocenters. The standard InChI is InChI=1S/C23H22N2O5/c1-2-12-24-18-19(22(28)21(18)27)25-17(23(29)30)13-14-8-10-16(11-9-14)20(26)15-6-4-3-5-7-15/h3-11,17,24-25H,2,12-13H2,1H3,(H,29,30)/t17-/m0/s1. The Morgan fingerprint density at radius 3 is 2.10 bits per heavy atom. The molecule has 0 amide bonds. The summed E-state index contributed by atoms with van der Waals surface area (Å²) in [4.78, 5) is 47.7. The summed E-state index contributed by atoms with van der Waals surface area (Å²) in [5, 5.41) is 15.1. The molecule has 0 heterocycles. The number of anilines is 2. The van der Waals surface area contributed by atoms with Crippen LogP contribution in [0.2, 0.25) is 0 Å². The van der Waals surface area contributed by atoms with Gasteiger partial charge >= 0.3 is 5.97 Å². The topological polar surface area (TPSA) is 113 Å². The monoisotopic (exact) mass is 406 g/mol. The summed E-state index contributed by atoms with van der Waals surface area (Å²) in [6.07, 6.45) is 0.843. The SMILES string of the molecule is CCCNc1c(N[C@@H](Cc2ccc(C(=O)c3ccccc3)cc2)C(=O)O)c(=O)c1=O. The van der Waals surface area contributed by atoms with Crippen LogP contribution in [0.3, 0.4) is 0 Å². The highest BCUT2D eigenvalue weighted by molar-refractivity contribution is 6.08. The fraction of sp³-hybridized carbons (Fsp3) is 0.217. The van der Waals surface area contributed by atoms with E-state index in [0.29, 0.717) is 23.2 Å². The molecule has 3 aromatic carbocycles. The molecule has 0 radical (unpaired) electrons. The van der Waals surface area contributed by atoms with Crippen LogP contribution in [-0.4, -0.2) is 29.4 Å². The zero-order valence-electron chi connectivity index (χ0n) is 16.5. The molecule has 1 atom stereocenters. The van der Waals surface area contributed by atoms with Crippen molar-refractivity contribution < 1.29 is 14.7 Å². The average molecular weight is 406 g/mol. The molecule has 30 heavy (non-hydrogen) atoms. The largest absolute Gasteiger partial charge is 0.480 e. The highest BCUT2D eigenvalue weighted by atomic mass is 16.4. The Bertz CT molecular complexity index is 1110. The Kier molecular flexibility index (Phi) is 6.41. The first-order chi connectivity index (χ1) is 14.4. The van der Waals surface area contributed by atoms with Gasteiger partial charge in [0.25, 0.3) is 10.9 Å². The van der Waals surface area contributed by atoms with Crippen molar-refractivity contribution in [1.82, 2.24) is 0 Å². The number of carbonyl (C=O) groups excluding carboxylic acids is 1. The van der Waals surface area contributed by atoms with E-state index in [-0.39, 0.29) is 23.6 Å².